The molecule has 0 aromatic carbocycles. The molecule has 0 aliphatic rings. The van der Waals surface area contributed by atoms with Crippen molar-refractivity contribution in [1.82, 2.24) is 5.32 Å². The van der Waals surface area contributed by atoms with Gasteiger partial charge in [0.2, 0.25) is 0 Å². The number of hydrogen-bond donors (Lipinski definition) is 2. The first-order chi connectivity index (χ1) is 7.52. The molecular weight excluding hydrogens is 200 g/mol. The number of rotatable bonds is 9. The Morgan fingerprint density at radius 1 is 1.19 bits per heavy atom. The van der Waals surface area contributed by atoms with Gasteiger partial charge < -0.3 is 15.8 Å². The molecule has 98 valence electrons. The fourth-order valence-corrected chi connectivity index (χ4v) is 1.98. The molecule has 0 aliphatic carbocycles. The molecular formula is C13H30N2O. The Bertz CT molecular complexity index is 155. The highest BCUT2D eigenvalue weighted by atomic mass is 16.5. The molecule has 0 fully saturated rings. The maximum atomic E-state index is 5.66. The summed E-state index contributed by atoms with van der Waals surface area (Å²) in [7, 11) is 1.73. The first-order valence-corrected chi connectivity index (χ1v) is 6.42. The van der Waals surface area contributed by atoms with Crippen LogP contribution in [0.25, 0.3) is 0 Å². The minimum Gasteiger partial charge on any atom is -0.383 e. The van der Waals surface area contributed by atoms with Gasteiger partial charge in [0.1, 0.15) is 0 Å². The molecule has 0 saturated carbocycles. The summed E-state index contributed by atoms with van der Waals surface area (Å²) >= 11 is 0. The molecule has 0 bridgehead atoms. The Balaban J connectivity index is 3.61. The highest BCUT2D eigenvalue weighted by Gasteiger charge is 2.22. The third-order valence-corrected chi connectivity index (χ3v) is 3.13. The second-order valence-corrected chi connectivity index (χ2v) is 5.53. The molecule has 3 N–H and O–H groups in total. The van der Waals surface area contributed by atoms with Gasteiger partial charge in [-0.2, -0.15) is 0 Å². The highest BCUT2D eigenvalue weighted by Crippen LogP contribution is 2.31. The Hall–Kier alpha value is -0.120. The van der Waals surface area contributed by atoms with Gasteiger partial charge in [-0.25, -0.2) is 0 Å². The first kappa shape index (κ1) is 15.9. The van der Waals surface area contributed by atoms with Crippen molar-refractivity contribution in [2.75, 3.05) is 33.4 Å². The fraction of sp³-hybridized carbons (Fsp3) is 1.00. The lowest BCUT2D eigenvalue weighted by Gasteiger charge is -2.30. The van der Waals surface area contributed by atoms with Crippen LogP contribution in [0.2, 0.25) is 0 Å². The number of ether oxygens (including phenoxy) is 1. The van der Waals surface area contributed by atoms with E-state index in [0.29, 0.717) is 5.41 Å². The predicted octanol–water partition coefficient (Wildman–Crippen LogP) is 2.01. The average molecular weight is 230 g/mol. The smallest absolute Gasteiger partial charge is 0.0587 e. The summed E-state index contributed by atoms with van der Waals surface area (Å²) < 4.78 is 4.98. The van der Waals surface area contributed by atoms with Crippen molar-refractivity contribution in [3.05, 3.63) is 0 Å². The molecule has 0 spiro atoms. The van der Waals surface area contributed by atoms with Crippen LogP contribution in [-0.4, -0.2) is 33.4 Å². The van der Waals surface area contributed by atoms with Gasteiger partial charge in [-0.3, -0.25) is 0 Å². The second-order valence-electron chi connectivity index (χ2n) is 5.53. The molecule has 0 rings (SSSR count). The van der Waals surface area contributed by atoms with Gasteiger partial charge in [0.25, 0.3) is 0 Å². The largest absolute Gasteiger partial charge is 0.383 e. The normalized spacial score (nSPS) is 14.1. The first-order valence-electron chi connectivity index (χ1n) is 6.42. The van der Waals surface area contributed by atoms with Crippen LogP contribution in [0.1, 0.15) is 40.0 Å². The lowest BCUT2D eigenvalue weighted by atomic mass is 9.76. The molecule has 1 atom stereocenters. The molecule has 0 heterocycles. The predicted molar refractivity (Wildman–Crippen MR) is 70.6 cm³/mol. The number of nitrogens with one attached hydrogen (secondary N) is 1. The van der Waals surface area contributed by atoms with Crippen LogP contribution in [0.4, 0.5) is 0 Å². The van der Waals surface area contributed by atoms with E-state index in [0.717, 1.165) is 38.6 Å². The van der Waals surface area contributed by atoms with Crippen LogP contribution < -0.4 is 11.1 Å². The summed E-state index contributed by atoms with van der Waals surface area (Å²) in [4.78, 5) is 0. The zero-order chi connectivity index (χ0) is 12.4. The van der Waals surface area contributed by atoms with E-state index in [4.69, 9.17) is 10.5 Å². The van der Waals surface area contributed by atoms with Crippen molar-refractivity contribution < 1.29 is 4.74 Å². The summed E-state index contributed by atoms with van der Waals surface area (Å²) in [6.45, 7) is 10.6. The molecule has 0 radical (unpaired) electrons. The summed E-state index contributed by atoms with van der Waals surface area (Å²) in [5, 5.41) is 3.38. The van der Waals surface area contributed by atoms with E-state index in [1.807, 2.05) is 0 Å². The van der Waals surface area contributed by atoms with Crippen molar-refractivity contribution in [3.8, 4) is 0 Å². The Labute approximate surface area is 101 Å². The van der Waals surface area contributed by atoms with Crippen molar-refractivity contribution in [2.24, 2.45) is 17.1 Å². The molecule has 3 nitrogen and oxygen atoms in total. The van der Waals surface area contributed by atoms with Gasteiger partial charge in [0.15, 0.2) is 0 Å². The SMILES string of the molecule is COCCNCCCC(CCN)C(C)(C)C. The summed E-state index contributed by atoms with van der Waals surface area (Å²) in [5.74, 6) is 0.738. The van der Waals surface area contributed by atoms with E-state index in [2.05, 4.69) is 26.1 Å². The number of hydrogen-bond acceptors (Lipinski definition) is 3. The van der Waals surface area contributed by atoms with Gasteiger partial charge in [0, 0.05) is 13.7 Å². The maximum absolute atomic E-state index is 5.66. The lowest BCUT2D eigenvalue weighted by molar-refractivity contribution is 0.195. The quantitative estimate of drug-likeness (QED) is 0.596. The van der Waals surface area contributed by atoms with Crippen LogP contribution in [0, 0.1) is 11.3 Å². The third kappa shape index (κ3) is 8.08. The van der Waals surface area contributed by atoms with Crippen LogP contribution in [0.5, 0.6) is 0 Å². The number of methoxy groups -OCH3 is 1. The van der Waals surface area contributed by atoms with Crippen molar-refractivity contribution in [1.29, 1.82) is 0 Å². The molecule has 0 aliphatic heterocycles. The molecule has 0 aromatic rings. The lowest BCUT2D eigenvalue weighted by Crippen LogP contribution is -2.26. The molecule has 0 amide bonds. The van der Waals surface area contributed by atoms with Gasteiger partial charge in [-0.15, -0.1) is 0 Å². The van der Waals surface area contributed by atoms with Gasteiger partial charge in [0.05, 0.1) is 6.61 Å². The van der Waals surface area contributed by atoms with E-state index in [9.17, 15) is 0 Å². The van der Waals surface area contributed by atoms with E-state index >= 15 is 0 Å². The van der Waals surface area contributed by atoms with Crippen LogP contribution in [-0.2, 0) is 4.74 Å². The molecule has 16 heavy (non-hydrogen) atoms. The van der Waals surface area contributed by atoms with E-state index in [-0.39, 0.29) is 0 Å². The summed E-state index contributed by atoms with van der Waals surface area (Å²) in [6, 6.07) is 0. The van der Waals surface area contributed by atoms with E-state index < -0.39 is 0 Å². The van der Waals surface area contributed by atoms with Crippen LogP contribution >= 0.6 is 0 Å². The Kier molecular flexibility index (Phi) is 8.90. The van der Waals surface area contributed by atoms with Crippen molar-refractivity contribution >= 4 is 0 Å². The van der Waals surface area contributed by atoms with Crippen molar-refractivity contribution in [2.45, 2.75) is 40.0 Å². The van der Waals surface area contributed by atoms with E-state index in [1.165, 1.54) is 12.8 Å². The van der Waals surface area contributed by atoms with Crippen LogP contribution in [0.3, 0.4) is 0 Å². The fourth-order valence-electron chi connectivity index (χ4n) is 1.98. The Morgan fingerprint density at radius 2 is 1.88 bits per heavy atom. The van der Waals surface area contributed by atoms with E-state index in [1.54, 1.807) is 7.11 Å². The van der Waals surface area contributed by atoms with Gasteiger partial charge in [-0.1, -0.05) is 20.8 Å². The summed E-state index contributed by atoms with van der Waals surface area (Å²) in [6.07, 6.45) is 3.63. The highest BCUT2D eigenvalue weighted by molar-refractivity contribution is 4.74. The molecule has 0 saturated heterocycles. The minimum absolute atomic E-state index is 0.381. The molecule has 1 unspecified atom stereocenters. The Morgan fingerprint density at radius 3 is 2.38 bits per heavy atom. The topological polar surface area (TPSA) is 47.3 Å². The van der Waals surface area contributed by atoms with Crippen molar-refractivity contribution in [3.63, 3.8) is 0 Å². The maximum Gasteiger partial charge on any atom is 0.0587 e. The monoisotopic (exact) mass is 230 g/mol. The molecule has 0 aromatic heterocycles. The second kappa shape index (κ2) is 8.97. The number of nitrogens with two attached hydrogens (primary N) is 1. The molecule has 3 heteroatoms. The standard InChI is InChI=1S/C13H30N2O/c1-13(2,3)12(7-8-14)6-5-9-15-10-11-16-4/h12,15H,5-11,14H2,1-4H3. The zero-order valence-corrected chi connectivity index (χ0v) is 11.5. The third-order valence-electron chi connectivity index (χ3n) is 3.13. The average Bonchev–Trinajstić information content (AvgIpc) is 2.20. The summed E-state index contributed by atoms with van der Waals surface area (Å²) in [5.41, 5.74) is 6.04. The van der Waals surface area contributed by atoms with Gasteiger partial charge >= 0.3 is 0 Å². The zero-order valence-electron chi connectivity index (χ0n) is 11.5. The van der Waals surface area contributed by atoms with Gasteiger partial charge in [-0.05, 0) is 43.7 Å². The minimum atomic E-state index is 0.381. The van der Waals surface area contributed by atoms with Crippen LogP contribution in [0.15, 0.2) is 0 Å².